The van der Waals surface area contributed by atoms with Crippen molar-refractivity contribution in [3.8, 4) is 0 Å². The molecule has 0 spiro atoms. The Kier molecular flexibility index (Phi) is 6.25. The van der Waals surface area contributed by atoms with Crippen LogP contribution >= 0.6 is 54.5 Å². The van der Waals surface area contributed by atoms with E-state index >= 15 is 0 Å². The Morgan fingerprint density at radius 1 is 1.14 bits per heavy atom. The predicted octanol–water partition coefficient (Wildman–Crippen LogP) is 5.18. The molecule has 1 unspecified atom stereocenters. The third kappa shape index (κ3) is 5.07. The molecule has 0 heterocycles. The average Bonchev–Trinajstić information content (AvgIpc) is 2.44. The number of amides is 1. The van der Waals surface area contributed by atoms with Gasteiger partial charge in [0, 0.05) is 18.6 Å². The monoisotopic (exact) mass is 521 g/mol. The van der Waals surface area contributed by atoms with Crippen LogP contribution in [0.5, 0.6) is 0 Å². The summed E-state index contributed by atoms with van der Waals surface area (Å²) in [6, 6.07) is 14.0. The Balaban J connectivity index is 2.01. The lowest BCUT2D eigenvalue weighted by Crippen LogP contribution is -2.34. The second-order valence-electron chi connectivity index (χ2n) is 4.83. The summed E-state index contributed by atoms with van der Waals surface area (Å²) in [7, 11) is 0. The Morgan fingerprint density at radius 2 is 1.76 bits per heavy atom. The molecule has 2 nitrogen and oxygen atoms in total. The molecule has 0 aliphatic heterocycles. The second-order valence-corrected chi connectivity index (χ2v) is 7.82. The molecule has 110 valence electrons. The Hall–Kier alpha value is -0.400. The molecule has 0 radical (unpaired) electrons. The first kappa shape index (κ1) is 17.0. The lowest BCUT2D eigenvalue weighted by atomic mass is 10.1. The van der Waals surface area contributed by atoms with Gasteiger partial charge in [0.2, 0.25) is 0 Å². The number of halogens is 3. The van der Waals surface area contributed by atoms with E-state index in [1.165, 1.54) is 5.56 Å². The number of hydrogen-bond acceptors (Lipinski definition) is 1. The van der Waals surface area contributed by atoms with Crippen LogP contribution < -0.4 is 5.32 Å². The highest BCUT2D eigenvalue weighted by molar-refractivity contribution is 14.1. The minimum Gasteiger partial charge on any atom is -0.349 e. The zero-order valence-electron chi connectivity index (χ0n) is 11.4. The van der Waals surface area contributed by atoms with Crippen molar-refractivity contribution in [3.63, 3.8) is 0 Å². The van der Waals surface area contributed by atoms with Gasteiger partial charge in [-0.1, -0.05) is 44.0 Å². The van der Waals surface area contributed by atoms with Crippen molar-refractivity contribution in [2.24, 2.45) is 0 Å². The van der Waals surface area contributed by atoms with Crippen molar-refractivity contribution in [2.45, 2.75) is 19.4 Å². The Labute approximate surface area is 155 Å². The molecular weight excluding hydrogens is 509 g/mol. The third-order valence-corrected chi connectivity index (χ3v) is 4.97. The van der Waals surface area contributed by atoms with Crippen LogP contribution in [0.1, 0.15) is 22.8 Å². The normalized spacial score (nSPS) is 12.0. The number of carbonyl (C=O) groups is 1. The van der Waals surface area contributed by atoms with Crippen LogP contribution in [-0.2, 0) is 6.42 Å². The van der Waals surface area contributed by atoms with Gasteiger partial charge in [0.1, 0.15) is 0 Å². The molecule has 0 bridgehead atoms. The summed E-state index contributed by atoms with van der Waals surface area (Å²) in [4.78, 5) is 12.3. The quantitative estimate of drug-likeness (QED) is 0.551. The largest absolute Gasteiger partial charge is 0.349 e. The smallest absolute Gasteiger partial charge is 0.252 e. The Morgan fingerprint density at radius 3 is 2.43 bits per heavy atom. The van der Waals surface area contributed by atoms with E-state index in [0.717, 1.165) is 18.9 Å². The average molecular weight is 523 g/mol. The standard InChI is InChI=1S/C16H14Br2INO/c1-10(8-11-2-4-12(17)5-3-11)20-16(21)14-9-13(18)6-7-15(14)19/h2-7,9-10H,8H2,1H3,(H,20,21). The van der Waals surface area contributed by atoms with Crippen LogP contribution in [0, 0.1) is 3.57 Å². The van der Waals surface area contributed by atoms with Crippen molar-refractivity contribution in [2.75, 3.05) is 0 Å². The van der Waals surface area contributed by atoms with E-state index in [9.17, 15) is 4.79 Å². The molecule has 21 heavy (non-hydrogen) atoms. The van der Waals surface area contributed by atoms with Crippen LogP contribution in [0.2, 0.25) is 0 Å². The van der Waals surface area contributed by atoms with Crippen LogP contribution in [0.25, 0.3) is 0 Å². The molecule has 1 amide bonds. The molecule has 5 heteroatoms. The van der Waals surface area contributed by atoms with E-state index in [1.807, 2.05) is 37.3 Å². The van der Waals surface area contributed by atoms with Crippen molar-refractivity contribution < 1.29 is 4.79 Å². The molecule has 2 aromatic carbocycles. The van der Waals surface area contributed by atoms with Gasteiger partial charge >= 0.3 is 0 Å². The van der Waals surface area contributed by atoms with E-state index in [1.54, 1.807) is 0 Å². The van der Waals surface area contributed by atoms with Crippen molar-refractivity contribution in [1.29, 1.82) is 0 Å². The van der Waals surface area contributed by atoms with E-state index in [0.29, 0.717) is 5.56 Å². The molecule has 0 fully saturated rings. The molecule has 1 atom stereocenters. The number of carbonyl (C=O) groups excluding carboxylic acids is 1. The fourth-order valence-corrected chi connectivity index (χ4v) is 3.20. The number of rotatable bonds is 4. The molecule has 0 saturated carbocycles. The van der Waals surface area contributed by atoms with Gasteiger partial charge in [0.05, 0.1) is 5.56 Å². The fraction of sp³-hybridized carbons (Fsp3) is 0.188. The molecule has 0 aliphatic rings. The van der Waals surface area contributed by atoms with Crippen molar-refractivity contribution in [1.82, 2.24) is 5.32 Å². The zero-order chi connectivity index (χ0) is 15.4. The Bertz CT molecular complexity index is 643. The van der Waals surface area contributed by atoms with Crippen LogP contribution in [-0.4, -0.2) is 11.9 Å². The van der Waals surface area contributed by atoms with E-state index in [2.05, 4.69) is 71.9 Å². The zero-order valence-corrected chi connectivity index (χ0v) is 16.7. The highest BCUT2D eigenvalue weighted by Crippen LogP contribution is 2.19. The summed E-state index contributed by atoms with van der Waals surface area (Å²) in [5.74, 6) is -0.0367. The SMILES string of the molecule is CC(Cc1ccc(Br)cc1)NC(=O)c1cc(Br)ccc1I. The maximum Gasteiger partial charge on any atom is 0.252 e. The van der Waals surface area contributed by atoms with Gasteiger partial charge in [0.15, 0.2) is 0 Å². The maximum absolute atomic E-state index is 12.3. The predicted molar refractivity (Wildman–Crippen MR) is 102 cm³/mol. The fourth-order valence-electron chi connectivity index (χ4n) is 2.00. The molecule has 0 saturated heterocycles. The molecule has 2 aromatic rings. The van der Waals surface area contributed by atoms with Crippen LogP contribution in [0.15, 0.2) is 51.4 Å². The van der Waals surface area contributed by atoms with Gasteiger partial charge in [-0.15, -0.1) is 0 Å². The van der Waals surface area contributed by atoms with Crippen LogP contribution in [0.3, 0.4) is 0 Å². The first-order valence-electron chi connectivity index (χ1n) is 6.46. The third-order valence-electron chi connectivity index (χ3n) is 3.01. The van der Waals surface area contributed by atoms with E-state index in [-0.39, 0.29) is 11.9 Å². The molecule has 0 aliphatic carbocycles. The van der Waals surface area contributed by atoms with Gasteiger partial charge < -0.3 is 5.32 Å². The van der Waals surface area contributed by atoms with Gasteiger partial charge in [-0.25, -0.2) is 0 Å². The van der Waals surface area contributed by atoms with Gasteiger partial charge in [0.25, 0.3) is 5.91 Å². The van der Waals surface area contributed by atoms with Crippen molar-refractivity contribution in [3.05, 3.63) is 66.1 Å². The summed E-state index contributed by atoms with van der Waals surface area (Å²) in [6.45, 7) is 2.02. The summed E-state index contributed by atoms with van der Waals surface area (Å²) < 4.78 is 2.92. The lowest BCUT2D eigenvalue weighted by Gasteiger charge is -2.15. The van der Waals surface area contributed by atoms with Crippen molar-refractivity contribution >= 4 is 60.4 Å². The van der Waals surface area contributed by atoms with Crippen LogP contribution in [0.4, 0.5) is 0 Å². The second kappa shape index (κ2) is 7.74. The minimum absolute atomic E-state index is 0.0367. The first-order valence-corrected chi connectivity index (χ1v) is 9.12. The topological polar surface area (TPSA) is 29.1 Å². The van der Waals surface area contributed by atoms with E-state index < -0.39 is 0 Å². The molecule has 0 aromatic heterocycles. The number of hydrogen-bond donors (Lipinski definition) is 1. The summed E-state index contributed by atoms with van der Waals surface area (Å²) in [5, 5.41) is 3.05. The summed E-state index contributed by atoms with van der Waals surface area (Å²) in [6.07, 6.45) is 0.809. The maximum atomic E-state index is 12.3. The van der Waals surface area contributed by atoms with E-state index in [4.69, 9.17) is 0 Å². The molecule has 1 N–H and O–H groups in total. The highest BCUT2D eigenvalue weighted by Gasteiger charge is 2.13. The highest BCUT2D eigenvalue weighted by atomic mass is 127. The molecule has 2 rings (SSSR count). The lowest BCUT2D eigenvalue weighted by molar-refractivity contribution is 0.0939. The van der Waals surface area contributed by atoms with Gasteiger partial charge in [-0.05, 0) is 71.8 Å². The summed E-state index contributed by atoms with van der Waals surface area (Å²) in [5.41, 5.74) is 1.91. The van der Waals surface area contributed by atoms with Gasteiger partial charge in [-0.2, -0.15) is 0 Å². The number of nitrogens with one attached hydrogen (secondary N) is 1. The van der Waals surface area contributed by atoms with Gasteiger partial charge in [-0.3, -0.25) is 4.79 Å². The number of benzene rings is 2. The first-order chi connectivity index (χ1) is 9.95. The minimum atomic E-state index is -0.0367. The summed E-state index contributed by atoms with van der Waals surface area (Å²) >= 11 is 9.01. The molecular formula is C16H14Br2INO.